The van der Waals surface area contributed by atoms with Gasteiger partial charge in [0.1, 0.15) is 0 Å². The Morgan fingerprint density at radius 1 is 0.686 bits per heavy atom. The van der Waals surface area contributed by atoms with Gasteiger partial charge in [0, 0.05) is 18.0 Å². The molecule has 0 aliphatic carbocycles. The SMILES string of the molecule is CCCCCCCCCCC(O)CN(CCCNCN=[N+]=[N-])CC(O)CCCCCCCCCC. The van der Waals surface area contributed by atoms with Crippen LogP contribution in [-0.4, -0.2) is 60.2 Å². The minimum Gasteiger partial charge on any atom is -0.392 e. The summed E-state index contributed by atoms with van der Waals surface area (Å²) >= 11 is 0. The van der Waals surface area contributed by atoms with Crippen LogP contribution in [0.3, 0.4) is 0 Å². The number of aliphatic hydroxyl groups excluding tert-OH is 2. The second kappa shape index (κ2) is 27.7. The summed E-state index contributed by atoms with van der Waals surface area (Å²) in [6.07, 6.45) is 22.3. The molecule has 208 valence electrons. The highest BCUT2D eigenvalue weighted by molar-refractivity contribution is 4.70. The Labute approximate surface area is 217 Å². The molecule has 0 amide bonds. The van der Waals surface area contributed by atoms with E-state index in [1.54, 1.807) is 0 Å². The molecule has 0 saturated heterocycles. The average Bonchev–Trinajstić information content (AvgIpc) is 2.84. The van der Waals surface area contributed by atoms with Crippen molar-refractivity contribution < 1.29 is 10.2 Å². The van der Waals surface area contributed by atoms with Gasteiger partial charge in [-0.15, -0.1) is 0 Å². The maximum atomic E-state index is 10.6. The number of nitrogens with zero attached hydrogens (tertiary/aromatic N) is 4. The van der Waals surface area contributed by atoms with Gasteiger partial charge in [-0.05, 0) is 37.9 Å². The van der Waals surface area contributed by atoms with Crippen LogP contribution in [0.4, 0.5) is 0 Å². The molecular formula is C28H59N5O2. The zero-order valence-corrected chi connectivity index (χ0v) is 23.3. The van der Waals surface area contributed by atoms with Crippen LogP contribution in [0.25, 0.3) is 10.4 Å². The first-order valence-electron chi connectivity index (χ1n) is 14.9. The van der Waals surface area contributed by atoms with Crippen LogP contribution in [0.15, 0.2) is 5.11 Å². The van der Waals surface area contributed by atoms with Gasteiger partial charge in [-0.2, -0.15) is 0 Å². The van der Waals surface area contributed by atoms with Crippen molar-refractivity contribution in [2.45, 2.75) is 148 Å². The third kappa shape index (κ3) is 26.0. The van der Waals surface area contributed by atoms with Crippen molar-refractivity contribution in [2.75, 3.05) is 32.8 Å². The van der Waals surface area contributed by atoms with Gasteiger partial charge < -0.3 is 15.5 Å². The van der Waals surface area contributed by atoms with E-state index in [-0.39, 0.29) is 12.2 Å². The van der Waals surface area contributed by atoms with Crippen LogP contribution < -0.4 is 5.32 Å². The first-order chi connectivity index (χ1) is 17.1. The van der Waals surface area contributed by atoms with Crippen molar-refractivity contribution in [3.63, 3.8) is 0 Å². The molecule has 0 rings (SSSR count). The number of rotatable bonds is 28. The van der Waals surface area contributed by atoms with Crippen LogP contribution in [0, 0.1) is 0 Å². The molecule has 35 heavy (non-hydrogen) atoms. The molecule has 0 radical (unpaired) electrons. The Morgan fingerprint density at radius 2 is 1.11 bits per heavy atom. The number of unbranched alkanes of at least 4 members (excludes halogenated alkanes) is 14. The maximum Gasteiger partial charge on any atom is 0.0746 e. The molecule has 0 aromatic rings. The van der Waals surface area contributed by atoms with Gasteiger partial charge in [-0.1, -0.05) is 122 Å². The van der Waals surface area contributed by atoms with Crippen LogP contribution in [0.1, 0.15) is 136 Å². The van der Waals surface area contributed by atoms with Crippen LogP contribution in [-0.2, 0) is 0 Å². The third-order valence-electron chi connectivity index (χ3n) is 6.79. The number of hydrogen-bond donors (Lipinski definition) is 3. The summed E-state index contributed by atoms with van der Waals surface area (Å²) in [4.78, 5) is 4.98. The van der Waals surface area contributed by atoms with E-state index in [1.165, 1.54) is 89.9 Å². The van der Waals surface area contributed by atoms with Crippen LogP contribution in [0.2, 0.25) is 0 Å². The van der Waals surface area contributed by atoms with E-state index < -0.39 is 0 Å². The summed E-state index contributed by atoms with van der Waals surface area (Å²) < 4.78 is 0. The van der Waals surface area contributed by atoms with E-state index in [9.17, 15) is 10.2 Å². The lowest BCUT2D eigenvalue weighted by atomic mass is 10.0. The van der Waals surface area contributed by atoms with Crippen LogP contribution >= 0.6 is 0 Å². The molecule has 3 N–H and O–H groups in total. The molecule has 0 saturated carbocycles. The average molecular weight is 498 g/mol. The lowest BCUT2D eigenvalue weighted by Gasteiger charge is -2.27. The molecule has 0 fully saturated rings. The normalized spacial score (nSPS) is 13.2. The summed E-state index contributed by atoms with van der Waals surface area (Å²) in [6, 6.07) is 0. The summed E-state index contributed by atoms with van der Waals surface area (Å²) in [5.41, 5.74) is 8.37. The van der Waals surface area contributed by atoms with Crippen molar-refractivity contribution in [1.29, 1.82) is 0 Å². The molecule has 2 unspecified atom stereocenters. The summed E-state index contributed by atoms with van der Waals surface area (Å²) in [6.45, 7) is 7.64. The van der Waals surface area contributed by atoms with Gasteiger partial charge in [-0.3, -0.25) is 4.90 Å². The Balaban J connectivity index is 4.17. The first kappa shape index (κ1) is 34.1. The van der Waals surface area contributed by atoms with Crippen molar-refractivity contribution in [3.8, 4) is 0 Å². The van der Waals surface area contributed by atoms with E-state index in [4.69, 9.17) is 5.53 Å². The van der Waals surface area contributed by atoms with E-state index in [0.29, 0.717) is 19.8 Å². The molecule has 0 aromatic carbocycles. The monoisotopic (exact) mass is 497 g/mol. The van der Waals surface area contributed by atoms with E-state index in [1.807, 2.05) is 0 Å². The maximum absolute atomic E-state index is 10.6. The van der Waals surface area contributed by atoms with Crippen molar-refractivity contribution in [1.82, 2.24) is 10.2 Å². The number of aliphatic hydroxyl groups is 2. The number of nitrogens with one attached hydrogen (secondary N) is 1. The fourth-order valence-corrected chi connectivity index (χ4v) is 4.65. The topological polar surface area (TPSA) is 104 Å². The molecular weight excluding hydrogens is 438 g/mol. The minimum absolute atomic E-state index is 0.304. The Bertz CT molecular complexity index is 446. The molecule has 0 aromatic heterocycles. The molecule has 0 aliphatic rings. The molecule has 7 nitrogen and oxygen atoms in total. The van der Waals surface area contributed by atoms with E-state index in [2.05, 4.69) is 34.1 Å². The highest BCUT2D eigenvalue weighted by Crippen LogP contribution is 2.13. The van der Waals surface area contributed by atoms with E-state index in [0.717, 1.165) is 45.2 Å². The van der Waals surface area contributed by atoms with Crippen LogP contribution in [0.5, 0.6) is 0 Å². The predicted molar refractivity (Wildman–Crippen MR) is 150 cm³/mol. The van der Waals surface area contributed by atoms with Crippen molar-refractivity contribution in [3.05, 3.63) is 10.4 Å². The Morgan fingerprint density at radius 3 is 1.54 bits per heavy atom. The molecule has 0 heterocycles. The second-order valence-corrected chi connectivity index (χ2v) is 10.3. The molecule has 2 atom stereocenters. The van der Waals surface area contributed by atoms with Gasteiger partial charge in [-0.25, -0.2) is 0 Å². The molecule has 0 bridgehead atoms. The number of azide groups is 1. The third-order valence-corrected chi connectivity index (χ3v) is 6.79. The minimum atomic E-state index is -0.332. The van der Waals surface area contributed by atoms with Gasteiger partial charge in [0.05, 0.1) is 18.9 Å². The van der Waals surface area contributed by atoms with Crippen molar-refractivity contribution >= 4 is 0 Å². The summed E-state index contributed by atoms with van der Waals surface area (Å²) in [5, 5.41) is 27.8. The zero-order valence-electron chi connectivity index (χ0n) is 23.3. The smallest absolute Gasteiger partial charge is 0.0746 e. The highest BCUT2D eigenvalue weighted by Gasteiger charge is 2.15. The van der Waals surface area contributed by atoms with Gasteiger partial charge in [0.2, 0.25) is 0 Å². The quantitative estimate of drug-likeness (QED) is 0.0456. The van der Waals surface area contributed by atoms with Gasteiger partial charge in [0.15, 0.2) is 0 Å². The predicted octanol–water partition coefficient (Wildman–Crippen LogP) is 7.32. The lowest BCUT2D eigenvalue weighted by molar-refractivity contribution is 0.0600. The van der Waals surface area contributed by atoms with Gasteiger partial charge >= 0.3 is 0 Å². The second-order valence-electron chi connectivity index (χ2n) is 10.3. The standard InChI is InChI=1S/C28H59N5O2/c1-3-5-7-9-11-13-15-17-20-27(34)24-33(23-19-22-30-26-31-32-29)25-28(35)21-18-16-14-12-10-8-6-4-2/h27-28,30,34-35H,3-26H2,1-2H3. The largest absolute Gasteiger partial charge is 0.392 e. The van der Waals surface area contributed by atoms with E-state index >= 15 is 0 Å². The lowest BCUT2D eigenvalue weighted by Crippen LogP contribution is -2.39. The van der Waals surface area contributed by atoms with Gasteiger partial charge in [0.25, 0.3) is 0 Å². The molecule has 0 spiro atoms. The Hall–Kier alpha value is -0.850. The fourth-order valence-electron chi connectivity index (χ4n) is 4.65. The highest BCUT2D eigenvalue weighted by atomic mass is 16.3. The van der Waals surface area contributed by atoms with Crippen molar-refractivity contribution in [2.24, 2.45) is 5.11 Å². The fraction of sp³-hybridized carbons (Fsp3) is 1.00. The first-order valence-corrected chi connectivity index (χ1v) is 14.9. The Kier molecular flexibility index (Phi) is 27.1. The number of hydrogen-bond acceptors (Lipinski definition) is 5. The molecule has 0 aliphatic heterocycles. The zero-order chi connectivity index (χ0) is 25.8. The summed E-state index contributed by atoms with van der Waals surface area (Å²) in [7, 11) is 0. The molecule has 7 heteroatoms. The summed E-state index contributed by atoms with van der Waals surface area (Å²) in [5.74, 6) is 0.